The second kappa shape index (κ2) is 8.59. The topological polar surface area (TPSA) is 156 Å². The molecule has 1 aliphatic rings. The van der Waals surface area contributed by atoms with Crippen molar-refractivity contribution in [2.75, 3.05) is 12.3 Å². The molecule has 0 radical (unpaired) electrons. The minimum absolute atomic E-state index is 0.0637. The molecule has 1 fully saturated rings. The maximum Gasteiger partial charge on any atom is 0.322 e. The van der Waals surface area contributed by atoms with Crippen LogP contribution in [0, 0.1) is 0 Å². The molecule has 0 aromatic heterocycles. The second-order valence-electron chi connectivity index (χ2n) is 4.66. The molecule has 0 aliphatic carbocycles. The van der Waals surface area contributed by atoms with Gasteiger partial charge >= 0.3 is 11.9 Å². The van der Waals surface area contributed by atoms with Gasteiger partial charge < -0.3 is 27.0 Å². The zero-order valence-electron chi connectivity index (χ0n) is 11.2. The summed E-state index contributed by atoms with van der Waals surface area (Å²) in [5, 5.41) is 19.8. The Morgan fingerprint density at radius 2 is 1.90 bits per heavy atom. The van der Waals surface area contributed by atoms with Crippen LogP contribution in [-0.4, -0.2) is 63.6 Å². The Bertz CT molecular complexity index is 403. The molecule has 120 valence electrons. The fraction of sp³-hybridized carbons (Fsp3) is 0.727. The number of carbonyl (C=O) groups is 3. The Labute approximate surface area is 129 Å². The van der Waals surface area contributed by atoms with Crippen LogP contribution in [0.2, 0.25) is 0 Å². The maximum absolute atomic E-state index is 12.3. The first-order valence-corrected chi connectivity index (χ1v) is 8.75. The van der Waals surface area contributed by atoms with Crippen LogP contribution in [0.3, 0.4) is 0 Å². The molecule has 1 saturated heterocycles. The monoisotopic (exact) mass is 337 g/mol. The van der Waals surface area contributed by atoms with Crippen LogP contribution in [0.5, 0.6) is 0 Å². The number of aliphatic carboxylic acids is 2. The summed E-state index contributed by atoms with van der Waals surface area (Å²) in [6.45, 7) is 0.715. The number of carboxylic acid groups (broad SMARTS) is 2. The lowest BCUT2D eigenvalue weighted by atomic mass is 10.0. The first-order chi connectivity index (χ1) is 9.84. The number of rotatable bonds is 9. The van der Waals surface area contributed by atoms with E-state index in [1.807, 2.05) is 0 Å². The Morgan fingerprint density at radius 3 is 2.38 bits per heavy atom. The minimum atomic E-state index is -1.33. The number of hydrogen-bond acceptors (Lipinski definition) is 8. The van der Waals surface area contributed by atoms with Gasteiger partial charge in [-0.15, -0.1) is 0 Å². The number of hydrogen-bond donors (Lipinski definition) is 5. The summed E-state index contributed by atoms with van der Waals surface area (Å²) in [5.74, 6) is -2.61. The van der Waals surface area contributed by atoms with Crippen molar-refractivity contribution in [2.24, 2.45) is 11.5 Å². The molecule has 7 N–H and O–H groups in total. The lowest BCUT2D eigenvalue weighted by Crippen LogP contribution is -2.49. The number of ketones is 1. The van der Waals surface area contributed by atoms with Crippen molar-refractivity contribution in [1.29, 1.82) is 0 Å². The number of carboxylic acids is 2. The van der Waals surface area contributed by atoms with Crippen LogP contribution in [-0.2, 0) is 14.4 Å². The Morgan fingerprint density at radius 1 is 1.24 bits per heavy atom. The van der Waals surface area contributed by atoms with Gasteiger partial charge in [0.1, 0.15) is 17.3 Å². The van der Waals surface area contributed by atoms with Crippen molar-refractivity contribution >= 4 is 39.3 Å². The summed E-state index contributed by atoms with van der Waals surface area (Å²) in [7, 11) is 2.03. The highest BCUT2D eigenvalue weighted by Crippen LogP contribution is 2.31. The van der Waals surface area contributed by atoms with Gasteiger partial charge in [-0.25, -0.2) is 0 Å². The van der Waals surface area contributed by atoms with Crippen LogP contribution in [0.4, 0.5) is 0 Å². The molecule has 10 heteroatoms. The fourth-order valence-electron chi connectivity index (χ4n) is 1.80. The molecule has 1 heterocycles. The summed E-state index contributed by atoms with van der Waals surface area (Å²) in [6, 6.07) is -2.79. The van der Waals surface area contributed by atoms with E-state index in [1.165, 1.54) is 0 Å². The maximum atomic E-state index is 12.3. The summed E-state index contributed by atoms with van der Waals surface area (Å²) >= 11 is 0. The summed E-state index contributed by atoms with van der Waals surface area (Å²) < 4.78 is 0. The lowest BCUT2D eigenvalue weighted by Gasteiger charge is -2.22. The van der Waals surface area contributed by atoms with Gasteiger partial charge in [0.05, 0.1) is 6.04 Å². The van der Waals surface area contributed by atoms with Gasteiger partial charge in [0.15, 0.2) is 5.78 Å². The third kappa shape index (κ3) is 5.47. The zero-order chi connectivity index (χ0) is 16.0. The molecule has 4 atom stereocenters. The molecule has 0 amide bonds. The number of Topliss-reactive ketones (excluding diaryl/α,β-unsaturated/α-hetero) is 1. The third-order valence-corrected chi connectivity index (χ3v) is 5.83. The van der Waals surface area contributed by atoms with Crippen molar-refractivity contribution in [3.05, 3.63) is 0 Å². The van der Waals surface area contributed by atoms with Crippen LogP contribution < -0.4 is 16.8 Å². The third-order valence-electron chi connectivity index (χ3n) is 3.03. The van der Waals surface area contributed by atoms with Crippen molar-refractivity contribution in [3.63, 3.8) is 0 Å². The van der Waals surface area contributed by atoms with Crippen molar-refractivity contribution in [1.82, 2.24) is 5.32 Å². The van der Waals surface area contributed by atoms with E-state index in [0.717, 1.165) is 28.0 Å². The molecule has 21 heavy (non-hydrogen) atoms. The summed E-state index contributed by atoms with van der Waals surface area (Å²) in [6.07, 6.45) is 1.51. The van der Waals surface area contributed by atoms with E-state index >= 15 is 0 Å². The van der Waals surface area contributed by atoms with E-state index < -0.39 is 29.3 Å². The highest BCUT2D eigenvalue weighted by Gasteiger charge is 2.36. The molecule has 0 aromatic rings. The smallest absolute Gasteiger partial charge is 0.322 e. The second-order valence-corrected chi connectivity index (χ2v) is 7.22. The van der Waals surface area contributed by atoms with E-state index in [1.54, 1.807) is 0 Å². The van der Waals surface area contributed by atoms with Crippen molar-refractivity contribution in [3.8, 4) is 0 Å². The SMILES string of the molecule is N[C@H](C(=O)O)C(SSC[C@H](N)C(=O)O)C(=O)[C@@H]1CCCN1. The van der Waals surface area contributed by atoms with E-state index in [2.05, 4.69) is 5.32 Å². The first kappa shape index (κ1) is 18.2. The van der Waals surface area contributed by atoms with E-state index in [4.69, 9.17) is 21.7 Å². The molecule has 0 saturated carbocycles. The lowest BCUT2D eigenvalue weighted by molar-refractivity contribution is -0.140. The van der Waals surface area contributed by atoms with E-state index in [-0.39, 0.29) is 17.6 Å². The van der Waals surface area contributed by atoms with Gasteiger partial charge in [-0.1, -0.05) is 21.6 Å². The predicted molar refractivity (Wildman–Crippen MR) is 81.1 cm³/mol. The minimum Gasteiger partial charge on any atom is -0.480 e. The molecule has 0 spiro atoms. The van der Waals surface area contributed by atoms with E-state index in [9.17, 15) is 14.4 Å². The number of nitrogens with one attached hydrogen (secondary N) is 1. The van der Waals surface area contributed by atoms with E-state index in [0.29, 0.717) is 13.0 Å². The fourth-order valence-corrected chi connectivity index (χ4v) is 4.57. The molecule has 1 unspecified atom stereocenters. The largest absolute Gasteiger partial charge is 0.480 e. The predicted octanol–water partition coefficient (Wildman–Crippen LogP) is -1.12. The Kier molecular flexibility index (Phi) is 7.46. The summed E-state index contributed by atoms with van der Waals surface area (Å²) in [4.78, 5) is 34.0. The highest BCUT2D eigenvalue weighted by atomic mass is 33.1. The van der Waals surface area contributed by atoms with Crippen molar-refractivity contribution < 1.29 is 24.6 Å². The van der Waals surface area contributed by atoms with Gasteiger partial charge in [-0.2, -0.15) is 0 Å². The van der Waals surface area contributed by atoms with Gasteiger partial charge in [0, 0.05) is 5.75 Å². The van der Waals surface area contributed by atoms with Gasteiger partial charge in [0.25, 0.3) is 0 Å². The highest BCUT2D eigenvalue weighted by molar-refractivity contribution is 8.77. The van der Waals surface area contributed by atoms with Gasteiger partial charge in [-0.05, 0) is 19.4 Å². The van der Waals surface area contributed by atoms with Gasteiger partial charge in [0.2, 0.25) is 0 Å². The Balaban J connectivity index is 2.62. The van der Waals surface area contributed by atoms with Crippen LogP contribution >= 0.6 is 21.6 Å². The molecular formula is C11H19N3O5S2. The molecule has 8 nitrogen and oxygen atoms in total. The normalized spacial score (nSPS) is 22.5. The molecular weight excluding hydrogens is 318 g/mol. The molecule has 1 aliphatic heterocycles. The molecule has 1 rings (SSSR count). The average Bonchev–Trinajstić information content (AvgIpc) is 2.95. The quantitative estimate of drug-likeness (QED) is 0.327. The van der Waals surface area contributed by atoms with Crippen molar-refractivity contribution in [2.45, 2.75) is 36.2 Å². The number of carbonyl (C=O) groups excluding carboxylic acids is 1. The average molecular weight is 337 g/mol. The van der Waals surface area contributed by atoms with Crippen LogP contribution in [0.25, 0.3) is 0 Å². The zero-order valence-corrected chi connectivity index (χ0v) is 12.9. The van der Waals surface area contributed by atoms with Gasteiger partial charge in [-0.3, -0.25) is 14.4 Å². The first-order valence-electron chi connectivity index (χ1n) is 6.36. The number of nitrogens with two attached hydrogens (primary N) is 2. The molecule has 0 aromatic carbocycles. The van der Waals surface area contributed by atoms with Crippen LogP contribution in [0.15, 0.2) is 0 Å². The standard InChI is InChI=1S/C11H19N3O5S2/c12-5(10(16)17)4-20-21-9(7(13)11(18)19)8(15)6-2-1-3-14-6/h5-7,9,14H,1-4,12-13H2,(H,16,17)(H,18,19)/t5-,6-,7-,9?/m0/s1. The van der Waals surface area contributed by atoms with Crippen LogP contribution in [0.1, 0.15) is 12.8 Å². The molecule has 0 bridgehead atoms. The summed E-state index contributed by atoms with van der Waals surface area (Å²) in [5.41, 5.74) is 10.9. The Hall–Kier alpha value is -0.810.